The summed E-state index contributed by atoms with van der Waals surface area (Å²) in [5.74, 6) is -0.867. The lowest BCUT2D eigenvalue weighted by atomic mass is 9.84. The number of amides is 1. The van der Waals surface area contributed by atoms with E-state index in [1.165, 1.54) is 5.56 Å². The Balaban J connectivity index is 2.07. The summed E-state index contributed by atoms with van der Waals surface area (Å²) in [4.78, 5) is 24.0. The molecular formula is C21H25NO3. The number of carboxylic acid groups (broad SMARTS) is 1. The molecule has 0 heterocycles. The van der Waals surface area contributed by atoms with Crippen LogP contribution in [0.25, 0.3) is 0 Å². The van der Waals surface area contributed by atoms with Gasteiger partial charge in [0.05, 0.1) is 0 Å². The molecule has 0 aliphatic carbocycles. The third-order valence-corrected chi connectivity index (χ3v) is 4.46. The minimum absolute atomic E-state index is 0.166. The summed E-state index contributed by atoms with van der Waals surface area (Å²) in [7, 11) is 0. The molecule has 1 unspecified atom stereocenters. The van der Waals surface area contributed by atoms with Gasteiger partial charge in [-0.25, -0.2) is 4.79 Å². The van der Waals surface area contributed by atoms with Crippen LogP contribution in [0.3, 0.4) is 0 Å². The third kappa shape index (κ3) is 5.75. The first kappa shape index (κ1) is 18.7. The predicted octanol–water partition coefficient (Wildman–Crippen LogP) is 3.77. The second kappa shape index (κ2) is 9.02. The van der Waals surface area contributed by atoms with Crippen LogP contribution in [-0.4, -0.2) is 23.0 Å². The number of nitrogens with one attached hydrogen (secondary N) is 1. The summed E-state index contributed by atoms with van der Waals surface area (Å²) < 4.78 is 0. The first-order valence-electron chi connectivity index (χ1n) is 8.60. The molecule has 0 radical (unpaired) electrons. The number of rotatable bonds is 8. The molecule has 0 saturated carbocycles. The zero-order valence-corrected chi connectivity index (χ0v) is 14.7. The minimum Gasteiger partial charge on any atom is -0.480 e. The zero-order chi connectivity index (χ0) is 18.2. The average molecular weight is 339 g/mol. The van der Waals surface area contributed by atoms with E-state index in [0.29, 0.717) is 17.9 Å². The van der Waals surface area contributed by atoms with Gasteiger partial charge in [-0.2, -0.15) is 0 Å². The van der Waals surface area contributed by atoms with Crippen molar-refractivity contribution < 1.29 is 14.7 Å². The maximum absolute atomic E-state index is 12.3. The van der Waals surface area contributed by atoms with Gasteiger partial charge in [0.15, 0.2) is 0 Å². The maximum Gasteiger partial charge on any atom is 0.326 e. The van der Waals surface area contributed by atoms with Crippen LogP contribution in [-0.2, 0) is 11.2 Å². The van der Waals surface area contributed by atoms with Gasteiger partial charge in [0.1, 0.15) is 6.04 Å². The Bertz CT molecular complexity index is 683. The summed E-state index contributed by atoms with van der Waals surface area (Å²) >= 11 is 0. The highest BCUT2D eigenvalue weighted by atomic mass is 16.4. The standard InChI is InChI=1S/C21H25NO3/c1-15(2)18(13-16-9-5-3-6-10-16)14-19(21(24)25)22-20(23)17-11-7-4-8-12-17/h3-12,15,18-19H,13-14H2,1-2H3,(H,22,23)(H,24,25)/t18?,19-/m0/s1. The fourth-order valence-electron chi connectivity index (χ4n) is 2.86. The number of carboxylic acids is 1. The molecule has 1 amide bonds. The van der Waals surface area contributed by atoms with Crippen LogP contribution in [0.2, 0.25) is 0 Å². The molecule has 0 saturated heterocycles. The van der Waals surface area contributed by atoms with Crippen LogP contribution >= 0.6 is 0 Å². The normalized spacial score (nSPS) is 13.2. The molecule has 2 aromatic carbocycles. The first-order valence-corrected chi connectivity index (χ1v) is 8.60. The summed E-state index contributed by atoms with van der Waals surface area (Å²) in [5.41, 5.74) is 1.65. The smallest absolute Gasteiger partial charge is 0.326 e. The molecular weight excluding hydrogens is 314 g/mol. The van der Waals surface area contributed by atoms with Gasteiger partial charge in [0.25, 0.3) is 5.91 Å². The van der Waals surface area contributed by atoms with Crippen molar-refractivity contribution in [1.29, 1.82) is 0 Å². The Morgan fingerprint density at radius 3 is 2.04 bits per heavy atom. The molecule has 2 atom stereocenters. The van der Waals surface area contributed by atoms with Gasteiger partial charge in [-0.15, -0.1) is 0 Å². The SMILES string of the molecule is CC(C)C(Cc1ccccc1)C[C@H](NC(=O)c1ccccc1)C(=O)O. The molecule has 2 aromatic rings. The van der Waals surface area contributed by atoms with Crippen LogP contribution in [0, 0.1) is 11.8 Å². The molecule has 0 aromatic heterocycles. The molecule has 4 heteroatoms. The van der Waals surface area contributed by atoms with Gasteiger partial charge in [0.2, 0.25) is 0 Å². The van der Waals surface area contributed by atoms with Gasteiger partial charge >= 0.3 is 5.97 Å². The van der Waals surface area contributed by atoms with Crippen LogP contribution < -0.4 is 5.32 Å². The van der Waals surface area contributed by atoms with E-state index in [4.69, 9.17) is 0 Å². The van der Waals surface area contributed by atoms with Gasteiger partial charge in [0, 0.05) is 5.56 Å². The average Bonchev–Trinajstić information content (AvgIpc) is 2.61. The van der Waals surface area contributed by atoms with Crippen molar-refractivity contribution in [3.63, 3.8) is 0 Å². The number of carbonyl (C=O) groups is 2. The molecule has 2 N–H and O–H groups in total. The van der Waals surface area contributed by atoms with Gasteiger partial charge < -0.3 is 10.4 Å². The molecule has 0 spiro atoms. The van der Waals surface area contributed by atoms with E-state index in [1.807, 2.05) is 36.4 Å². The molecule has 4 nitrogen and oxygen atoms in total. The number of hydrogen-bond acceptors (Lipinski definition) is 2. The van der Waals surface area contributed by atoms with Gasteiger partial charge in [-0.3, -0.25) is 4.79 Å². The van der Waals surface area contributed by atoms with E-state index >= 15 is 0 Å². The van der Waals surface area contributed by atoms with Crippen molar-refractivity contribution >= 4 is 11.9 Å². The molecule has 25 heavy (non-hydrogen) atoms. The maximum atomic E-state index is 12.3. The monoisotopic (exact) mass is 339 g/mol. The van der Waals surface area contributed by atoms with Gasteiger partial charge in [-0.05, 0) is 42.4 Å². The van der Waals surface area contributed by atoms with Crippen molar-refractivity contribution in [3.05, 3.63) is 71.8 Å². The number of benzene rings is 2. The highest BCUT2D eigenvalue weighted by Gasteiger charge is 2.26. The first-order chi connectivity index (χ1) is 12.0. The summed E-state index contributed by atoms with van der Waals surface area (Å²) in [6.07, 6.45) is 1.20. The molecule has 0 aliphatic heterocycles. The lowest BCUT2D eigenvalue weighted by Gasteiger charge is -2.25. The Hall–Kier alpha value is -2.62. The molecule has 0 aliphatic rings. The van der Waals surface area contributed by atoms with E-state index in [2.05, 4.69) is 19.2 Å². The van der Waals surface area contributed by atoms with Crippen molar-refractivity contribution in [2.45, 2.75) is 32.7 Å². The number of hydrogen-bond donors (Lipinski definition) is 2. The minimum atomic E-state index is -0.997. The number of carbonyl (C=O) groups excluding carboxylic acids is 1. The lowest BCUT2D eigenvalue weighted by Crippen LogP contribution is -2.42. The van der Waals surface area contributed by atoms with E-state index < -0.39 is 12.0 Å². The summed E-state index contributed by atoms with van der Waals surface area (Å²) in [5, 5.41) is 12.2. The molecule has 132 valence electrons. The predicted molar refractivity (Wildman–Crippen MR) is 98.4 cm³/mol. The molecule has 0 fully saturated rings. The Morgan fingerprint density at radius 2 is 1.52 bits per heavy atom. The van der Waals surface area contributed by atoms with Crippen LogP contribution in [0.15, 0.2) is 60.7 Å². The number of aliphatic carboxylic acids is 1. The Labute approximate surface area is 148 Å². The topological polar surface area (TPSA) is 66.4 Å². The summed E-state index contributed by atoms with van der Waals surface area (Å²) in [6.45, 7) is 4.18. The third-order valence-electron chi connectivity index (χ3n) is 4.46. The van der Waals surface area contributed by atoms with Crippen molar-refractivity contribution in [2.24, 2.45) is 11.8 Å². The Morgan fingerprint density at radius 1 is 0.960 bits per heavy atom. The highest BCUT2D eigenvalue weighted by molar-refractivity contribution is 5.96. The van der Waals surface area contributed by atoms with E-state index in [-0.39, 0.29) is 11.8 Å². The van der Waals surface area contributed by atoms with E-state index in [0.717, 1.165) is 6.42 Å². The van der Waals surface area contributed by atoms with E-state index in [9.17, 15) is 14.7 Å². The molecule has 2 rings (SSSR count). The summed E-state index contributed by atoms with van der Waals surface area (Å²) in [6, 6.07) is 17.8. The second-order valence-electron chi connectivity index (χ2n) is 6.66. The van der Waals surface area contributed by atoms with Crippen molar-refractivity contribution in [1.82, 2.24) is 5.32 Å². The van der Waals surface area contributed by atoms with Crippen molar-refractivity contribution in [3.8, 4) is 0 Å². The fraction of sp³-hybridized carbons (Fsp3) is 0.333. The van der Waals surface area contributed by atoms with Crippen LogP contribution in [0.4, 0.5) is 0 Å². The zero-order valence-electron chi connectivity index (χ0n) is 14.7. The van der Waals surface area contributed by atoms with Gasteiger partial charge in [-0.1, -0.05) is 62.4 Å². The van der Waals surface area contributed by atoms with Crippen LogP contribution in [0.1, 0.15) is 36.2 Å². The highest BCUT2D eigenvalue weighted by Crippen LogP contribution is 2.23. The lowest BCUT2D eigenvalue weighted by molar-refractivity contribution is -0.139. The van der Waals surface area contributed by atoms with Crippen molar-refractivity contribution in [2.75, 3.05) is 0 Å². The largest absolute Gasteiger partial charge is 0.480 e. The fourth-order valence-corrected chi connectivity index (χ4v) is 2.86. The quantitative estimate of drug-likeness (QED) is 0.769. The second-order valence-corrected chi connectivity index (χ2v) is 6.66. The van der Waals surface area contributed by atoms with Crippen LogP contribution in [0.5, 0.6) is 0 Å². The molecule has 0 bridgehead atoms. The Kier molecular flexibility index (Phi) is 6.75. The van der Waals surface area contributed by atoms with E-state index in [1.54, 1.807) is 24.3 Å².